The monoisotopic (exact) mass is 236 g/mol. The molecule has 0 bridgehead atoms. The van der Waals surface area contributed by atoms with Crippen molar-refractivity contribution < 1.29 is 0 Å². The molecule has 0 atom stereocenters. The van der Waals surface area contributed by atoms with Gasteiger partial charge in [0.15, 0.2) is 5.65 Å². The largest absolute Gasteiger partial charge is 0.339 e. The topological polar surface area (TPSA) is 72.7 Å². The maximum Gasteiger partial charge on any atom is 0.332 e. The van der Waals surface area contributed by atoms with Gasteiger partial charge in [0, 0.05) is 13.1 Å². The Morgan fingerprint density at radius 1 is 1.35 bits per heavy atom. The van der Waals surface area contributed by atoms with Crippen LogP contribution in [0, 0.1) is 0 Å². The smallest absolute Gasteiger partial charge is 0.332 e. The lowest BCUT2D eigenvalue weighted by Gasteiger charge is -2.16. The molecule has 17 heavy (non-hydrogen) atoms. The van der Waals surface area contributed by atoms with Crippen molar-refractivity contribution in [2.24, 2.45) is 7.05 Å². The van der Waals surface area contributed by atoms with Crippen molar-refractivity contribution in [1.82, 2.24) is 19.1 Å². The van der Waals surface area contributed by atoms with Gasteiger partial charge in [0.2, 0.25) is 0 Å². The molecule has 2 aromatic heterocycles. The molecule has 0 radical (unpaired) electrons. The zero-order valence-corrected chi connectivity index (χ0v) is 10.2. The predicted octanol–water partition coefficient (Wildman–Crippen LogP) is 0.784. The second-order valence-corrected chi connectivity index (χ2v) is 4.09. The highest BCUT2D eigenvalue weighted by Crippen LogP contribution is 2.11. The standard InChI is InChI=1S/C11H16N4O2/c1-4-7(5-2)15-10(16)8-9(13-6-12-8)14(3)11(15)17/h6-7H,4-5H2,1-3H3,(H,12,13). The summed E-state index contributed by atoms with van der Waals surface area (Å²) >= 11 is 0. The second-order valence-electron chi connectivity index (χ2n) is 4.09. The molecule has 0 fully saturated rings. The molecule has 1 N–H and O–H groups in total. The third-order valence-corrected chi connectivity index (χ3v) is 3.17. The third kappa shape index (κ3) is 1.60. The van der Waals surface area contributed by atoms with Crippen molar-refractivity contribution in [3.63, 3.8) is 0 Å². The van der Waals surface area contributed by atoms with Crippen LogP contribution in [-0.2, 0) is 7.05 Å². The minimum absolute atomic E-state index is 0.0612. The third-order valence-electron chi connectivity index (χ3n) is 3.17. The highest BCUT2D eigenvalue weighted by Gasteiger charge is 2.17. The fraction of sp³-hybridized carbons (Fsp3) is 0.545. The van der Waals surface area contributed by atoms with Crippen LogP contribution in [0.3, 0.4) is 0 Å². The molecular formula is C11H16N4O2. The summed E-state index contributed by atoms with van der Waals surface area (Å²) in [5.41, 5.74) is 0.207. The molecule has 6 heteroatoms. The van der Waals surface area contributed by atoms with E-state index in [1.54, 1.807) is 7.05 Å². The van der Waals surface area contributed by atoms with Crippen LogP contribution in [0.25, 0.3) is 11.2 Å². The predicted molar refractivity (Wildman–Crippen MR) is 65.2 cm³/mol. The average molecular weight is 236 g/mol. The van der Waals surface area contributed by atoms with Crippen molar-refractivity contribution in [2.75, 3.05) is 0 Å². The quantitative estimate of drug-likeness (QED) is 0.856. The van der Waals surface area contributed by atoms with Crippen LogP contribution in [0.15, 0.2) is 15.9 Å². The van der Waals surface area contributed by atoms with E-state index in [0.717, 1.165) is 12.8 Å². The van der Waals surface area contributed by atoms with E-state index in [4.69, 9.17) is 0 Å². The maximum absolute atomic E-state index is 12.2. The van der Waals surface area contributed by atoms with Crippen LogP contribution in [0.1, 0.15) is 32.7 Å². The Morgan fingerprint density at radius 3 is 2.59 bits per heavy atom. The van der Waals surface area contributed by atoms with E-state index in [9.17, 15) is 9.59 Å². The first-order valence-corrected chi connectivity index (χ1v) is 5.76. The number of fused-ring (bicyclic) bond motifs is 1. The highest BCUT2D eigenvalue weighted by atomic mass is 16.2. The van der Waals surface area contributed by atoms with Gasteiger partial charge in [0.05, 0.1) is 6.33 Å². The molecule has 0 saturated carbocycles. The van der Waals surface area contributed by atoms with E-state index in [1.165, 1.54) is 15.5 Å². The van der Waals surface area contributed by atoms with Gasteiger partial charge in [0.1, 0.15) is 5.52 Å². The molecule has 2 heterocycles. The molecule has 2 rings (SSSR count). The molecule has 92 valence electrons. The van der Waals surface area contributed by atoms with Gasteiger partial charge in [-0.1, -0.05) is 13.8 Å². The summed E-state index contributed by atoms with van der Waals surface area (Å²) in [4.78, 5) is 31.1. The Kier molecular flexibility index (Phi) is 2.87. The van der Waals surface area contributed by atoms with Gasteiger partial charge in [-0.25, -0.2) is 9.78 Å². The summed E-state index contributed by atoms with van der Waals surface area (Å²) in [6, 6.07) is -0.0612. The molecule has 0 unspecified atom stereocenters. The molecule has 6 nitrogen and oxygen atoms in total. The van der Waals surface area contributed by atoms with Crippen molar-refractivity contribution in [3.05, 3.63) is 27.2 Å². The lowest BCUT2D eigenvalue weighted by atomic mass is 10.1. The summed E-state index contributed by atoms with van der Waals surface area (Å²) in [6.45, 7) is 3.94. The number of imidazole rings is 1. The number of H-pyrrole nitrogens is 1. The summed E-state index contributed by atoms with van der Waals surface area (Å²) in [5, 5.41) is 0. The maximum atomic E-state index is 12.2. The summed E-state index contributed by atoms with van der Waals surface area (Å²) in [6.07, 6.45) is 2.94. The SMILES string of the molecule is CCC(CC)n1c(=O)c2[nH]cnc2n(C)c1=O. The molecule has 0 spiro atoms. The van der Waals surface area contributed by atoms with Crippen LogP contribution in [0.2, 0.25) is 0 Å². The van der Waals surface area contributed by atoms with E-state index in [2.05, 4.69) is 9.97 Å². The molecule has 2 aromatic rings. The van der Waals surface area contributed by atoms with Crippen LogP contribution in [-0.4, -0.2) is 19.1 Å². The molecule has 0 aliphatic carbocycles. The van der Waals surface area contributed by atoms with Crippen molar-refractivity contribution in [1.29, 1.82) is 0 Å². The minimum Gasteiger partial charge on any atom is -0.339 e. The average Bonchev–Trinajstić information content (AvgIpc) is 2.81. The molecule has 0 aliphatic heterocycles. The first-order chi connectivity index (χ1) is 8.11. The number of aromatic amines is 1. The van der Waals surface area contributed by atoms with E-state index in [0.29, 0.717) is 11.2 Å². The Hall–Kier alpha value is -1.85. The summed E-state index contributed by atoms with van der Waals surface area (Å²) in [7, 11) is 1.63. The Labute approximate surface area is 97.9 Å². The molecular weight excluding hydrogens is 220 g/mol. The number of aromatic nitrogens is 4. The zero-order chi connectivity index (χ0) is 12.6. The first-order valence-electron chi connectivity index (χ1n) is 5.76. The van der Waals surface area contributed by atoms with Crippen molar-refractivity contribution in [3.8, 4) is 0 Å². The van der Waals surface area contributed by atoms with Gasteiger partial charge in [-0.05, 0) is 12.8 Å². The number of rotatable bonds is 3. The summed E-state index contributed by atoms with van der Waals surface area (Å²) in [5.74, 6) is 0. The fourth-order valence-electron chi connectivity index (χ4n) is 2.13. The highest BCUT2D eigenvalue weighted by molar-refractivity contribution is 5.68. The number of nitrogens with one attached hydrogen (secondary N) is 1. The minimum atomic E-state index is -0.302. The lowest BCUT2D eigenvalue weighted by molar-refractivity contribution is 0.432. The molecule has 0 amide bonds. The van der Waals surface area contributed by atoms with Crippen LogP contribution >= 0.6 is 0 Å². The van der Waals surface area contributed by atoms with Crippen molar-refractivity contribution in [2.45, 2.75) is 32.7 Å². The normalized spacial score (nSPS) is 11.5. The zero-order valence-electron chi connectivity index (χ0n) is 10.2. The Balaban J connectivity index is 2.88. The first kappa shape index (κ1) is 11.6. The van der Waals surface area contributed by atoms with Gasteiger partial charge in [-0.3, -0.25) is 13.9 Å². The Bertz CT molecular complexity index is 646. The molecule has 0 saturated heterocycles. The number of hydrogen-bond donors (Lipinski definition) is 1. The van der Waals surface area contributed by atoms with Gasteiger partial charge in [0.25, 0.3) is 5.56 Å². The van der Waals surface area contributed by atoms with Crippen LogP contribution in [0.4, 0.5) is 0 Å². The van der Waals surface area contributed by atoms with Gasteiger partial charge < -0.3 is 4.98 Å². The van der Waals surface area contributed by atoms with Crippen LogP contribution in [0.5, 0.6) is 0 Å². The molecule has 0 aromatic carbocycles. The van der Waals surface area contributed by atoms with Gasteiger partial charge in [-0.2, -0.15) is 0 Å². The van der Waals surface area contributed by atoms with Crippen LogP contribution < -0.4 is 11.2 Å². The molecule has 0 aliphatic rings. The Morgan fingerprint density at radius 2 is 2.00 bits per heavy atom. The van der Waals surface area contributed by atoms with E-state index in [1.807, 2.05) is 13.8 Å². The van der Waals surface area contributed by atoms with Gasteiger partial charge >= 0.3 is 5.69 Å². The second kappa shape index (κ2) is 4.20. The lowest BCUT2D eigenvalue weighted by Crippen LogP contribution is -2.41. The number of nitrogens with zero attached hydrogens (tertiary/aromatic N) is 3. The van der Waals surface area contributed by atoms with Crippen molar-refractivity contribution >= 4 is 11.2 Å². The van der Waals surface area contributed by atoms with Gasteiger partial charge in [-0.15, -0.1) is 0 Å². The van der Waals surface area contributed by atoms with E-state index in [-0.39, 0.29) is 17.3 Å². The fourth-order valence-corrected chi connectivity index (χ4v) is 2.13. The number of aryl methyl sites for hydroxylation is 1. The number of hydrogen-bond acceptors (Lipinski definition) is 3. The summed E-state index contributed by atoms with van der Waals surface area (Å²) < 4.78 is 2.73. The van der Waals surface area contributed by atoms with E-state index >= 15 is 0 Å². The van der Waals surface area contributed by atoms with E-state index < -0.39 is 0 Å².